The highest BCUT2D eigenvalue weighted by molar-refractivity contribution is 4.60. The number of aliphatic hydroxyl groups is 1. The third-order valence-electron chi connectivity index (χ3n) is 0.916. The highest BCUT2D eigenvalue weighted by atomic mass is 19.3. The van der Waals surface area contributed by atoms with Gasteiger partial charge in [0.2, 0.25) is 0 Å². The maximum absolute atomic E-state index is 11.5. The molecule has 0 aliphatic carbocycles. The molecule has 0 amide bonds. The molecule has 0 aromatic heterocycles. The van der Waals surface area contributed by atoms with Crippen LogP contribution >= 0.6 is 0 Å². The van der Waals surface area contributed by atoms with Gasteiger partial charge in [-0.05, 0) is 0 Å². The maximum Gasteiger partial charge on any atom is 0.265 e. The Morgan fingerprint density at radius 3 is 2.40 bits per heavy atom. The van der Waals surface area contributed by atoms with Gasteiger partial charge < -0.3 is 10.4 Å². The molecule has 2 nitrogen and oxygen atoms in total. The summed E-state index contributed by atoms with van der Waals surface area (Å²) in [7, 11) is 0. The van der Waals surface area contributed by atoms with Crippen LogP contribution in [0.1, 0.15) is 0 Å². The van der Waals surface area contributed by atoms with Crippen LogP contribution in [0.25, 0.3) is 0 Å². The molecular formula is C5H10F3NO. The molecule has 0 fully saturated rings. The van der Waals surface area contributed by atoms with Crippen LogP contribution in [-0.4, -0.2) is 37.4 Å². The number of alkyl halides is 3. The van der Waals surface area contributed by atoms with E-state index in [1.54, 1.807) is 0 Å². The molecule has 0 rings (SSSR count). The lowest BCUT2D eigenvalue weighted by molar-refractivity contribution is -0.00327. The van der Waals surface area contributed by atoms with E-state index in [-0.39, 0.29) is 13.1 Å². The summed E-state index contributed by atoms with van der Waals surface area (Å²) in [6, 6.07) is 0. The molecule has 0 heterocycles. The van der Waals surface area contributed by atoms with Crippen molar-refractivity contribution >= 4 is 0 Å². The third kappa shape index (κ3) is 4.58. The molecule has 0 aromatic rings. The smallest absolute Gasteiger partial charge is 0.265 e. The zero-order valence-corrected chi connectivity index (χ0v) is 5.36. The van der Waals surface area contributed by atoms with Gasteiger partial charge in [-0.25, -0.2) is 13.2 Å². The Morgan fingerprint density at radius 2 is 2.00 bits per heavy atom. The normalized spacial score (nSPS) is 14.1. The molecule has 1 atom stereocenters. The van der Waals surface area contributed by atoms with Gasteiger partial charge in [0, 0.05) is 13.1 Å². The van der Waals surface area contributed by atoms with Crippen molar-refractivity contribution in [3.63, 3.8) is 0 Å². The first kappa shape index (κ1) is 9.71. The minimum Gasteiger partial charge on any atom is -0.386 e. The molecular weight excluding hydrogens is 147 g/mol. The molecule has 0 aliphatic heterocycles. The van der Waals surface area contributed by atoms with Gasteiger partial charge in [-0.15, -0.1) is 0 Å². The van der Waals surface area contributed by atoms with E-state index >= 15 is 0 Å². The molecule has 0 aliphatic rings. The molecule has 0 radical (unpaired) electrons. The largest absolute Gasteiger partial charge is 0.386 e. The van der Waals surface area contributed by atoms with E-state index in [0.717, 1.165) is 0 Å². The second-order valence-corrected chi connectivity index (χ2v) is 1.79. The van der Waals surface area contributed by atoms with Crippen LogP contribution in [0, 0.1) is 0 Å². The van der Waals surface area contributed by atoms with Crippen molar-refractivity contribution in [2.45, 2.75) is 12.5 Å². The number of halogens is 3. The molecule has 0 saturated carbocycles. The number of nitrogens with one attached hydrogen (secondary N) is 1. The number of rotatable bonds is 5. The maximum atomic E-state index is 11.5. The first-order chi connectivity index (χ1) is 4.68. The quantitative estimate of drug-likeness (QED) is 0.557. The van der Waals surface area contributed by atoms with Gasteiger partial charge >= 0.3 is 0 Å². The summed E-state index contributed by atoms with van der Waals surface area (Å²) in [6.07, 6.45) is -4.45. The van der Waals surface area contributed by atoms with Gasteiger partial charge in [0.15, 0.2) is 0 Å². The summed E-state index contributed by atoms with van der Waals surface area (Å²) < 4.78 is 34.3. The zero-order chi connectivity index (χ0) is 7.98. The summed E-state index contributed by atoms with van der Waals surface area (Å²) in [5.74, 6) is 0. The van der Waals surface area contributed by atoms with Gasteiger partial charge in [0.05, 0.1) is 0 Å². The summed E-state index contributed by atoms with van der Waals surface area (Å²) in [6.45, 7) is -0.874. The lowest BCUT2D eigenvalue weighted by Gasteiger charge is -2.08. The molecule has 0 saturated heterocycles. The van der Waals surface area contributed by atoms with Crippen molar-refractivity contribution in [3.8, 4) is 0 Å². The van der Waals surface area contributed by atoms with E-state index in [1.165, 1.54) is 0 Å². The second kappa shape index (κ2) is 5.49. The van der Waals surface area contributed by atoms with E-state index in [1.807, 2.05) is 0 Å². The Morgan fingerprint density at radius 1 is 1.40 bits per heavy atom. The van der Waals surface area contributed by atoms with E-state index in [9.17, 15) is 13.2 Å². The van der Waals surface area contributed by atoms with Crippen molar-refractivity contribution < 1.29 is 18.3 Å². The number of aliphatic hydroxyl groups excluding tert-OH is 1. The fourth-order valence-corrected chi connectivity index (χ4v) is 0.406. The first-order valence-electron chi connectivity index (χ1n) is 2.91. The number of hydrogen-bond donors (Lipinski definition) is 2. The van der Waals surface area contributed by atoms with Crippen LogP contribution in [-0.2, 0) is 0 Å². The van der Waals surface area contributed by atoms with E-state index in [2.05, 4.69) is 5.32 Å². The standard InChI is InChI=1S/C5H10F3NO/c6-1-2-9-3-4(10)5(7)8/h4-5,9-10H,1-3H2. The molecule has 1 unspecified atom stereocenters. The van der Waals surface area contributed by atoms with Gasteiger partial charge in [-0.3, -0.25) is 0 Å². The van der Waals surface area contributed by atoms with Crippen molar-refractivity contribution in [3.05, 3.63) is 0 Å². The fourth-order valence-electron chi connectivity index (χ4n) is 0.406. The third-order valence-corrected chi connectivity index (χ3v) is 0.916. The van der Waals surface area contributed by atoms with Gasteiger partial charge in [-0.1, -0.05) is 0 Å². The minimum absolute atomic E-state index is 0.00375. The average Bonchev–Trinajstić information content (AvgIpc) is 1.88. The van der Waals surface area contributed by atoms with Crippen LogP contribution < -0.4 is 5.32 Å². The molecule has 62 valence electrons. The van der Waals surface area contributed by atoms with E-state index in [4.69, 9.17) is 5.11 Å². The van der Waals surface area contributed by atoms with Crippen molar-refractivity contribution in [2.24, 2.45) is 0 Å². The van der Waals surface area contributed by atoms with Crippen molar-refractivity contribution in [1.82, 2.24) is 5.32 Å². The lowest BCUT2D eigenvalue weighted by atomic mass is 10.4. The average molecular weight is 157 g/mol. The Balaban J connectivity index is 3.13. The summed E-state index contributed by atoms with van der Waals surface area (Å²) in [5.41, 5.74) is 0. The fraction of sp³-hybridized carbons (Fsp3) is 1.00. The van der Waals surface area contributed by atoms with Crippen molar-refractivity contribution in [1.29, 1.82) is 0 Å². The Bertz CT molecular complexity index is 81.3. The summed E-state index contributed by atoms with van der Waals surface area (Å²) in [5, 5.41) is 10.7. The molecule has 0 spiro atoms. The minimum atomic E-state index is -2.76. The second-order valence-electron chi connectivity index (χ2n) is 1.79. The van der Waals surface area contributed by atoms with Gasteiger partial charge in [0.1, 0.15) is 12.8 Å². The molecule has 0 bridgehead atoms. The Labute approximate surface area is 57.0 Å². The van der Waals surface area contributed by atoms with Crippen LogP contribution in [0.4, 0.5) is 13.2 Å². The molecule has 0 aromatic carbocycles. The highest BCUT2D eigenvalue weighted by Gasteiger charge is 2.15. The summed E-state index contributed by atoms with van der Waals surface area (Å²) in [4.78, 5) is 0. The molecule has 5 heteroatoms. The monoisotopic (exact) mass is 157 g/mol. The van der Waals surface area contributed by atoms with Gasteiger partial charge in [-0.2, -0.15) is 0 Å². The first-order valence-corrected chi connectivity index (χ1v) is 2.91. The van der Waals surface area contributed by atoms with Crippen LogP contribution in [0.5, 0.6) is 0 Å². The molecule has 10 heavy (non-hydrogen) atoms. The van der Waals surface area contributed by atoms with Crippen LogP contribution in [0.2, 0.25) is 0 Å². The van der Waals surface area contributed by atoms with E-state index < -0.39 is 19.2 Å². The van der Waals surface area contributed by atoms with Crippen molar-refractivity contribution in [2.75, 3.05) is 19.8 Å². The Hall–Kier alpha value is -0.290. The highest BCUT2D eigenvalue weighted by Crippen LogP contribution is 1.97. The van der Waals surface area contributed by atoms with Crippen LogP contribution in [0.3, 0.4) is 0 Å². The topological polar surface area (TPSA) is 32.3 Å². The SMILES string of the molecule is OC(CNCCF)C(F)F. The van der Waals surface area contributed by atoms with Crippen LogP contribution in [0.15, 0.2) is 0 Å². The number of hydrogen-bond acceptors (Lipinski definition) is 2. The predicted molar refractivity (Wildman–Crippen MR) is 30.9 cm³/mol. The van der Waals surface area contributed by atoms with E-state index in [0.29, 0.717) is 0 Å². The predicted octanol–water partition coefficient (Wildman–Crippen LogP) is 0.172. The van der Waals surface area contributed by atoms with Gasteiger partial charge in [0.25, 0.3) is 6.43 Å². The zero-order valence-electron chi connectivity index (χ0n) is 5.36. The lowest BCUT2D eigenvalue weighted by Crippen LogP contribution is -2.33. The Kier molecular flexibility index (Phi) is 5.33. The molecule has 2 N–H and O–H groups in total. The summed E-state index contributed by atoms with van der Waals surface area (Å²) >= 11 is 0.